The van der Waals surface area contributed by atoms with Gasteiger partial charge in [-0.15, -0.1) is 0 Å². The Morgan fingerprint density at radius 2 is 1.83 bits per heavy atom. The number of para-hydroxylation sites is 1. The Labute approximate surface area is 106 Å². The topological polar surface area (TPSA) is 41.1 Å². The van der Waals surface area contributed by atoms with Crippen molar-refractivity contribution in [2.45, 2.75) is 13.1 Å². The van der Waals surface area contributed by atoms with E-state index in [1.54, 1.807) is 0 Å². The third-order valence-electron chi connectivity index (χ3n) is 3.12. The largest absolute Gasteiger partial charge is 0.361 e. The van der Waals surface area contributed by atoms with Crippen molar-refractivity contribution >= 4 is 11.6 Å². The molecule has 0 aliphatic carbocycles. The third kappa shape index (κ3) is 1.84. The SMILES string of the molecule is Cc1cccc(C2NC(=O)c3ccccc3N2)c1. The molecule has 1 heterocycles. The molecular formula is C15H14N2O. The van der Waals surface area contributed by atoms with E-state index in [0.29, 0.717) is 5.56 Å². The summed E-state index contributed by atoms with van der Waals surface area (Å²) in [5, 5.41) is 6.30. The van der Waals surface area contributed by atoms with Gasteiger partial charge in [0.15, 0.2) is 0 Å². The van der Waals surface area contributed by atoms with Gasteiger partial charge < -0.3 is 10.6 Å². The summed E-state index contributed by atoms with van der Waals surface area (Å²) in [7, 11) is 0. The average Bonchev–Trinajstić information content (AvgIpc) is 2.39. The molecule has 18 heavy (non-hydrogen) atoms. The number of hydrogen-bond donors (Lipinski definition) is 2. The summed E-state index contributed by atoms with van der Waals surface area (Å²) in [4.78, 5) is 12.0. The molecule has 1 amide bonds. The van der Waals surface area contributed by atoms with Crippen LogP contribution in [0.2, 0.25) is 0 Å². The van der Waals surface area contributed by atoms with Crippen LogP contribution in [0.3, 0.4) is 0 Å². The number of anilines is 1. The van der Waals surface area contributed by atoms with Crippen LogP contribution in [-0.2, 0) is 0 Å². The van der Waals surface area contributed by atoms with Crippen molar-refractivity contribution in [1.82, 2.24) is 5.32 Å². The number of aryl methyl sites for hydroxylation is 1. The first kappa shape index (κ1) is 10.8. The second-order valence-electron chi connectivity index (χ2n) is 4.51. The number of benzene rings is 2. The molecule has 2 aromatic rings. The average molecular weight is 238 g/mol. The van der Waals surface area contributed by atoms with Crippen molar-refractivity contribution in [3.05, 3.63) is 65.2 Å². The molecule has 2 N–H and O–H groups in total. The Bertz CT molecular complexity index is 607. The molecule has 0 radical (unpaired) electrons. The number of fused-ring (bicyclic) bond motifs is 1. The van der Waals surface area contributed by atoms with Crippen molar-refractivity contribution in [3.63, 3.8) is 0 Å². The van der Waals surface area contributed by atoms with Crippen LogP contribution in [0.15, 0.2) is 48.5 Å². The zero-order valence-corrected chi connectivity index (χ0v) is 10.1. The number of nitrogens with one attached hydrogen (secondary N) is 2. The van der Waals surface area contributed by atoms with Gasteiger partial charge in [0.2, 0.25) is 0 Å². The van der Waals surface area contributed by atoms with Crippen molar-refractivity contribution in [2.24, 2.45) is 0 Å². The van der Waals surface area contributed by atoms with Gasteiger partial charge >= 0.3 is 0 Å². The first-order chi connectivity index (χ1) is 8.74. The van der Waals surface area contributed by atoms with Gasteiger partial charge in [-0.3, -0.25) is 4.79 Å². The molecule has 0 saturated carbocycles. The monoisotopic (exact) mass is 238 g/mol. The summed E-state index contributed by atoms with van der Waals surface area (Å²) >= 11 is 0. The summed E-state index contributed by atoms with van der Waals surface area (Å²) < 4.78 is 0. The molecule has 2 aromatic carbocycles. The maximum atomic E-state index is 12.0. The third-order valence-corrected chi connectivity index (χ3v) is 3.12. The van der Waals surface area contributed by atoms with Gasteiger partial charge in [-0.1, -0.05) is 42.0 Å². The van der Waals surface area contributed by atoms with Crippen LogP contribution in [0.5, 0.6) is 0 Å². The van der Waals surface area contributed by atoms with Crippen LogP contribution in [0.1, 0.15) is 27.7 Å². The Hall–Kier alpha value is -2.29. The fourth-order valence-electron chi connectivity index (χ4n) is 2.22. The lowest BCUT2D eigenvalue weighted by Crippen LogP contribution is -2.38. The number of amides is 1. The number of carbonyl (C=O) groups is 1. The van der Waals surface area contributed by atoms with Crippen molar-refractivity contribution in [2.75, 3.05) is 5.32 Å². The summed E-state index contributed by atoms with van der Waals surface area (Å²) in [6.07, 6.45) is -0.160. The van der Waals surface area contributed by atoms with E-state index in [9.17, 15) is 4.79 Å². The summed E-state index contributed by atoms with van der Waals surface area (Å²) in [5.41, 5.74) is 3.83. The van der Waals surface area contributed by atoms with Crippen LogP contribution < -0.4 is 10.6 Å². The lowest BCUT2D eigenvalue weighted by atomic mass is 10.0. The molecule has 1 aliphatic rings. The van der Waals surface area contributed by atoms with E-state index in [4.69, 9.17) is 0 Å². The highest BCUT2D eigenvalue weighted by Gasteiger charge is 2.23. The lowest BCUT2D eigenvalue weighted by molar-refractivity contribution is 0.0935. The van der Waals surface area contributed by atoms with E-state index in [2.05, 4.69) is 16.7 Å². The lowest BCUT2D eigenvalue weighted by Gasteiger charge is -2.28. The van der Waals surface area contributed by atoms with Crippen molar-refractivity contribution in [3.8, 4) is 0 Å². The molecule has 0 saturated heterocycles. The molecule has 0 fully saturated rings. The second-order valence-corrected chi connectivity index (χ2v) is 4.51. The van der Waals surface area contributed by atoms with Gasteiger partial charge in [-0.25, -0.2) is 0 Å². The number of carbonyl (C=O) groups excluding carboxylic acids is 1. The van der Waals surface area contributed by atoms with Crippen molar-refractivity contribution < 1.29 is 4.79 Å². The minimum Gasteiger partial charge on any atom is -0.361 e. The molecule has 0 bridgehead atoms. The first-order valence-electron chi connectivity index (χ1n) is 5.97. The fraction of sp³-hybridized carbons (Fsp3) is 0.133. The predicted octanol–water partition coefficient (Wildman–Crippen LogP) is 2.85. The molecule has 3 nitrogen and oxygen atoms in total. The molecule has 1 aliphatic heterocycles. The van der Waals surface area contributed by atoms with Gasteiger partial charge in [0.05, 0.1) is 5.56 Å². The predicted molar refractivity (Wildman–Crippen MR) is 71.5 cm³/mol. The maximum Gasteiger partial charge on any atom is 0.255 e. The Kier molecular flexibility index (Phi) is 2.52. The van der Waals surface area contributed by atoms with Crippen LogP contribution in [0, 0.1) is 6.92 Å². The van der Waals surface area contributed by atoms with E-state index >= 15 is 0 Å². The van der Waals surface area contributed by atoms with E-state index in [-0.39, 0.29) is 12.1 Å². The molecule has 1 unspecified atom stereocenters. The number of hydrogen-bond acceptors (Lipinski definition) is 2. The molecular weight excluding hydrogens is 224 g/mol. The standard InChI is InChI=1S/C15H14N2O/c1-10-5-4-6-11(9-10)14-16-13-8-3-2-7-12(13)15(18)17-14/h2-9,14,16H,1H3,(H,17,18). The minimum atomic E-state index is -0.160. The fourth-order valence-corrected chi connectivity index (χ4v) is 2.22. The normalized spacial score (nSPS) is 17.6. The Morgan fingerprint density at radius 1 is 1.00 bits per heavy atom. The molecule has 3 heteroatoms. The van der Waals surface area contributed by atoms with Gasteiger partial charge in [0, 0.05) is 5.69 Å². The zero-order valence-electron chi connectivity index (χ0n) is 10.1. The van der Waals surface area contributed by atoms with Gasteiger partial charge in [-0.05, 0) is 24.6 Å². The molecule has 1 atom stereocenters. The van der Waals surface area contributed by atoms with Crippen molar-refractivity contribution in [1.29, 1.82) is 0 Å². The zero-order chi connectivity index (χ0) is 12.5. The summed E-state index contributed by atoms with van der Waals surface area (Å²) in [6, 6.07) is 15.7. The Balaban J connectivity index is 1.97. The van der Waals surface area contributed by atoms with Crippen LogP contribution in [-0.4, -0.2) is 5.91 Å². The van der Waals surface area contributed by atoms with Gasteiger partial charge in [0.1, 0.15) is 6.17 Å². The second kappa shape index (κ2) is 4.18. The quantitative estimate of drug-likeness (QED) is 0.802. The number of rotatable bonds is 1. The molecule has 3 rings (SSSR count). The van der Waals surface area contributed by atoms with E-state index in [1.165, 1.54) is 5.56 Å². The highest BCUT2D eigenvalue weighted by molar-refractivity contribution is 6.01. The summed E-state index contributed by atoms with van der Waals surface area (Å²) in [5.74, 6) is -0.0316. The van der Waals surface area contributed by atoms with E-state index in [0.717, 1.165) is 11.3 Å². The van der Waals surface area contributed by atoms with E-state index < -0.39 is 0 Å². The highest BCUT2D eigenvalue weighted by Crippen LogP contribution is 2.26. The summed E-state index contributed by atoms with van der Waals surface area (Å²) in [6.45, 7) is 2.04. The Morgan fingerprint density at radius 3 is 2.67 bits per heavy atom. The smallest absolute Gasteiger partial charge is 0.255 e. The van der Waals surface area contributed by atoms with Crippen LogP contribution in [0.4, 0.5) is 5.69 Å². The first-order valence-corrected chi connectivity index (χ1v) is 5.97. The van der Waals surface area contributed by atoms with Gasteiger partial charge in [0.25, 0.3) is 5.91 Å². The van der Waals surface area contributed by atoms with E-state index in [1.807, 2.05) is 49.4 Å². The van der Waals surface area contributed by atoms with Crippen LogP contribution in [0.25, 0.3) is 0 Å². The maximum absolute atomic E-state index is 12.0. The van der Waals surface area contributed by atoms with Gasteiger partial charge in [-0.2, -0.15) is 0 Å². The molecule has 90 valence electrons. The highest BCUT2D eigenvalue weighted by atomic mass is 16.2. The molecule has 0 aromatic heterocycles. The van der Waals surface area contributed by atoms with Crippen LogP contribution >= 0.6 is 0 Å². The minimum absolute atomic E-state index is 0.0316. The molecule has 0 spiro atoms.